The zero-order valence-corrected chi connectivity index (χ0v) is 40.0. The van der Waals surface area contributed by atoms with Crippen molar-refractivity contribution < 1.29 is 23.4 Å². The van der Waals surface area contributed by atoms with Crippen LogP contribution in [0.4, 0.5) is 0 Å². The van der Waals surface area contributed by atoms with E-state index in [1.54, 1.807) is 7.11 Å². The van der Waals surface area contributed by atoms with Crippen LogP contribution in [-0.4, -0.2) is 69.9 Å². The van der Waals surface area contributed by atoms with Crippen molar-refractivity contribution in [2.45, 2.75) is 120 Å². The molecule has 0 amide bonds. The molecular formula is C48H70O5S2Si2. The summed E-state index contributed by atoms with van der Waals surface area (Å²) in [5, 5.41) is 14.2. The minimum Gasteiger partial charge on any atom is -0.497 e. The summed E-state index contributed by atoms with van der Waals surface area (Å²) in [7, 11) is -2.86. The fraction of sp³-hybridized carbons (Fsp3) is 0.500. The van der Waals surface area contributed by atoms with E-state index < -0.39 is 22.7 Å². The zero-order valence-electron chi connectivity index (χ0n) is 36.4. The summed E-state index contributed by atoms with van der Waals surface area (Å²) < 4.78 is 25.8. The molecule has 1 N–H and O–H groups in total. The second kappa shape index (κ2) is 21.8. The molecule has 0 spiro atoms. The number of ether oxygens (including phenoxy) is 2. The second-order valence-electron chi connectivity index (χ2n) is 17.8. The fourth-order valence-electron chi connectivity index (χ4n) is 7.08. The number of benzene rings is 3. The molecule has 0 bridgehead atoms. The van der Waals surface area contributed by atoms with E-state index in [1.807, 2.05) is 35.7 Å². The number of hydrogen-bond donors (Lipinski definition) is 1. The van der Waals surface area contributed by atoms with E-state index in [2.05, 4.69) is 165 Å². The van der Waals surface area contributed by atoms with Crippen molar-refractivity contribution in [1.29, 1.82) is 0 Å². The van der Waals surface area contributed by atoms with Crippen molar-refractivity contribution in [1.82, 2.24) is 0 Å². The maximum atomic E-state index is 11.7. The van der Waals surface area contributed by atoms with Gasteiger partial charge in [0, 0.05) is 6.42 Å². The lowest BCUT2D eigenvalue weighted by Gasteiger charge is -2.43. The molecule has 0 radical (unpaired) electrons. The van der Waals surface area contributed by atoms with E-state index in [-0.39, 0.29) is 20.3 Å². The van der Waals surface area contributed by atoms with Gasteiger partial charge in [-0.1, -0.05) is 150 Å². The number of rotatable bonds is 20. The molecule has 4 rings (SSSR count). The third-order valence-electron chi connectivity index (χ3n) is 11.3. The Kier molecular flexibility index (Phi) is 18.1. The Morgan fingerprint density at radius 2 is 1.39 bits per heavy atom. The van der Waals surface area contributed by atoms with Gasteiger partial charge < -0.3 is 23.4 Å². The minimum absolute atomic E-state index is 0.0624. The van der Waals surface area contributed by atoms with Gasteiger partial charge in [0.15, 0.2) is 8.32 Å². The molecule has 0 aliphatic carbocycles. The zero-order chi connectivity index (χ0) is 41.6. The summed E-state index contributed by atoms with van der Waals surface area (Å²) in [6.45, 7) is 22.0. The first-order valence-corrected chi connectivity index (χ1v) is 27.4. The van der Waals surface area contributed by atoms with Gasteiger partial charge in [0.05, 0.1) is 43.2 Å². The molecule has 0 saturated carbocycles. The van der Waals surface area contributed by atoms with Gasteiger partial charge in [-0.15, -0.1) is 23.5 Å². The van der Waals surface area contributed by atoms with Crippen molar-refractivity contribution in [2.24, 2.45) is 0 Å². The van der Waals surface area contributed by atoms with Crippen LogP contribution in [0.2, 0.25) is 23.2 Å². The molecule has 0 unspecified atom stereocenters. The molecule has 0 aromatic heterocycles. The average molecular weight is 847 g/mol. The topological polar surface area (TPSA) is 57.2 Å². The Balaban J connectivity index is 1.51. The van der Waals surface area contributed by atoms with Crippen molar-refractivity contribution in [3.63, 3.8) is 0 Å². The molecule has 1 fully saturated rings. The monoisotopic (exact) mass is 846 g/mol. The molecule has 3 aromatic carbocycles. The van der Waals surface area contributed by atoms with E-state index in [1.165, 1.54) is 16.8 Å². The van der Waals surface area contributed by atoms with Crippen LogP contribution >= 0.6 is 23.5 Å². The van der Waals surface area contributed by atoms with Crippen LogP contribution in [0.3, 0.4) is 0 Å². The van der Waals surface area contributed by atoms with Gasteiger partial charge in [-0.25, -0.2) is 0 Å². The van der Waals surface area contributed by atoms with E-state index in [4.69, 9.17) is 18.3 Å². The highest BCUT2D eigenvalue weighted by Crippen LogP contribution is 2.48. The third-order valence-corrected chi connectivity index (χ3v) is 24.2. The van der Waals surface area contributed by atoms with Gasteiger partial charge in [-0.3, -0.25) is 0 Å². The average Bonchev–Trinajstić information content (AvgIpc) is 3.17. The predicted octanol–water partition coefficient (Wildman–Crippen LogP) is 11.3. The maximum Gasteiger partial charge on any atom is 0.261 e. The van der Waals surface area contributed by atoms with Gasteiger partial charge >= 0.3 is 0 Å². The van der Waals surface area contributed by atoms with Crippen molar-refractivity contribution in [3.8, 4) is 5.75 Å². The van der Waals surface area contributed by atoms with Gasteiger partial charge in [0.2, 0.25) is 0 Å². The summed E-state index contributed by atoms with van der Waals surface area (Å²) >= 11 is 4.00. The van der Waals surface area contributed by atoms with Gasteiger partial charge in [-0.2, -0.15) is 0 Å². The predicted molar refractivity (Wildman–Crippen MR) is 252 cm³/mol. The van der Waals surface area contributed by atoms with E-state index >= 15 is 0 Å². The quantitative estimate of drug-likeness (QED) is 0.0690. The summed E-state index contributed by atoms with van der Waals surface area (Å²) in [5.41, 5.74) is 2.18. The van der Waals surface area contributed by atoms with Crippen LogP contribution in [0, 0.1) is 0 Å². The standard InChI is InChI=1S/C48H70O5S2Si2/c1-39(34-41(49)36-48(54-32-21-33-55-48)30-19-11-12-20-31-52-56(9,10)46(2,3)4)35-43(51-37-40-26-28-42(50-8)29-27-40)38-53-57(47(5,6)7,44-22-15-13-16-23-44)45-24-17-14-18-25-45/h11-20,22-29,34,41,43,49H,21,30-33,35-38H2,1-10H3/b19-11-,20-12+,39-34+/t41-,43+/m0/s1. The number of hydrogen-bond acceptors (Lipinski definition) is 7. The van der Waals surface area contributed by atoms with Crippen LogP contribution in [-0.2, 0) is 20.2 Å². The first-order chi connectivity index (χ1) is 27.0. The largest absolute Gasteiger partial charge is 0.497 e. The number of aliphatic hydroxyl groups is 1. The Morgan fingerprint density at radius 1 is 0.807 bits per heavy atom. The van der Waals surface area contributed by atoms with Crippen LogP contribution < -0.4 is 15.1 Å². The van der Waals surface area contributed by atoms with E-state index in [0.29, 0.717) is 32.7 Å². The number of allylic oxidation sites excluding steroid dienone is 3. The summed E-state index contributed by atoms with van der Waals surface area (Å²) in [6, 6.07) is 29.6. The molecule has 3 aromatic rings. The van der Waals surface area contributed by atoms with Gasteiger partial charge in [0.1, 0.15) is 5.75 Å². The lowest BCUT2D eigenvalue weighted by Crippen LogP contribution is -2.67. The molecule has 1 heterocycles. The van der Waals surface area contributed by atoms with Crippen molar-refractivity contribution in [3.05, 3.63) is 126 Å². The fourth-order valence-corrected chi connectivity index (χ4v) is 16.0. The molecule has 57 heavy (non-hydrogen) atoms. The van der Waals surface area contributed by atoms with Crippen LogP contribution in [0.15, 0.2) is 121 Å². The highest BCUT2D eigenvalue weighted by Gasteiger charge is 2.50. The highest BCUT2D eigenvalue weighted by molar-refractivity contribution is 8.18. The van der Waals surface area contributed by atoms with Crippen LogP contribution in [0.5, 0.6) is 5.75 Å². The lowest BCUT2D eigenvalue weighted by molar-refractivity contribution is 0.00735. The Bertz CT molecular complexity index is 1670. The van der Waals surface area contributed by atoms with Crippen LogP contribution in [0.25, 0.3) is 0 Å². The molecule has 5 nitrogen and oxygen atoms in total. The van der Waals surface area contributed by atoms with Crippen molar-refractivity contribution in [2.75, 3.05) is 31.8 Å². The normalized spacial score (nSPS) is 16.9. The summed E-state index contributed by atoms with van der Waals surface area (Å²) in [4.78, 5) is 0. The van der Waals surface area contributed by atoms with Crippen LogP contribution in [0.1, 0.15) is 79.7 Å². The van der Waals surface area contributed by atoms with Gasteiger partial charge in [-0.05, 0) is 88.9 Å². The Morgan fingerprint density at radius 3 is 1.93 bits per heavy atom. The minimum atomic E-state index is -2.78. The summed E-state index contributed by atoms with van der Waals surface area (Å²) in [6.07, 6.45) is 13.4. The third kappa shape index (κ3) is 13.9. The van der Waals surface area contributed by atoms with E-state index in [0.717, 1.165) is 34.8 Å². The van der Waals surface area contributed by atoms with Gasteiger partial charge in [0.25, 0.3) is 8.32 Å². The lowest BCUT2D eigenvalue weighted by atomic mass is 10.0. The number of methoxy groups -OCH3 is 1. The Hall–Kier alpha value is -2.35. The molecule has 9 heteroatoms. The molecule has 1 saturated heterocycles. The number of aliphatic hydroxyl groups excluding tert-OH is 1. The van der Waals surface area contributed by atoms with Crippen molar-refractivity contribution >= 4 is 50.5 Å². The molecular weight excluding hydrogens is 777 g/mol. The smallest absolute Gasteiger partial charge is 0.261 e. The SMILES string of the molecule is COc1ccc(CO[C@@H](CO[Si](c2ccccc2)(c2ccccc2)C(C)(C)C)C/C(C)=C/[C@H](O)CC2(C/C=C\C=C\CO[Si](C)(C)C(C)(C)C)SCCCS2)cc1. The molecule has 1 aliphatic heterocycles. The first kappa shape index (κ1) is 47.3. The molecule has 2 atom stereocenters. The molecule has 1 aliphatic rings. The second-order valence-corrected chi connectivity index (χ2v) is 30.2. The first-order valence-electron chi connectivity index (χ1n) is 20.6. The summed E-state index contributed by atoms with van der Waals surface area (Å²) in [5.74, 6) is 3.06. The number of thioether (sulfide) groups is 2. The molecule has 312 valence electrons. The maximum absolute atomic E-state index is 11.7. The Labute approximate surface area is 356 Å². The van der Waals surface area contributed by atoms with E-state index in [9.17, 15) is 5.11 Å². The highest BCUT2D eigenvalue weighted by atomic mass is 32.2.